The molecule has 1 aliphatic heterocycles. The van der Waals surface area contributed by atoms with Gasteiger partial charge in [0.2, 0.25) is 0 Å². The zero-order valence-corrected chi connectivity index (χ0v) is 13.0. The van der Waals surface area contributed by atoms with Crippen molar-refractivity contribution < 1.29 is 9.84 Å². The molecule has 2 saturated carbocycles. The molecule has 0 aromatic carbocycles. The molecule has 3 heteroatoms. The van der Waals surface area contributed by atoms with Gasteiger partial charge < -0.3 is 15.2 Å². The molecule has 1 heterocycles. The summed E-state index contributed by atoms with van der Waals surface area (Å²) in [6.45, 7) is 3.94. The topological polar surface area (TPSA) is 41.5 Å². The van der Waals surface area contributed by atoms with Crippen LogP contribution in [0.25, 0.3) is 0 Å². The summed E-state index contributed by atoms with van der Waals surface area (Å²) in [7, 11) is 0. The van der Waals surface area contributed by atoms with Crippen molar-refractivity contribution in [3.63, 3.8) is 0 Å². The molecule has 0 amide bonds. The van der Waals surface area contributed by atoms with E-state index in [1.165, 1.54) is 38.5 Å². The van der Waals surface area contributed by atoms with Crippen LogP contribution in [0.1, 0.15) is 71.1 Å². The molecule has 3 atom stereocenters. The Morgan fingerprint density at radius 1 is 1.10 bits per heavy atom. The second kappa shape index (κ2) is 5.94. The Hall–Kier alpha value is -0.120. The van der Waals surface area contributed by atoms with Gasteiger partial charge in [0.05, 0.1) is 11.2 Å². The zero-order valence-electron chi connectivity index (χ0n) is 13.0. The molecule has 3 rings (SSSR count). The van der Waals surface area contributed by atoms with E-state index in [1.54, 1.807) is 0 Å². The molecule has 0 aromatic rings. The lowest BCUT2D eigenvalue weighted by Crippen LogP contribution is -2.51. The van der Waals surface area contributed by atoms with Crippen LogP contribution in [0.15, 0.2) is 0 Å². The van der Waals surface area contributed by atoms with Crippen LogP contribution < -0.4 is 5.32 Å². The van der Waals surface area contributed by atoms with Gasteiger partial charge >= 0.3 is 0 Å². The van der Waals surface area contributed by atoms with Crippen LogP contribution in [-0.2, 0) is 4.74 Å². The SMILES string of the molecule is CC1CCCC(O)(CNC2CCOC3(CCCC3)C2)C1. The summed E-state index contributed by atoms with van der Waals surface area (Å²) in [4.78, 5) is 0. The molecule has 3 aliphatic rings. The Kier molecular flexibility index (Phi) is 4.40. The fourth-order valence-corrected chi connectivity index (χ4v) is 4.70. The normalized spacial score (nSPS) is 41.1. The van der Waals surface area contributed by atoms with Crippen molar-refractivity contribution in [1.82, 2.24) is 5.32 Å². The van der Waals surface area contributed by atoms with E-state index in [9.17, 15) is 5.11 Å². The number of nitrogens with one attached hydrogen (secondary N) is 1. The number of aliphatic hydroxyl groups is 1. The summed E-state index contributed by atoms with van der Waals surface area (Å²) < 4.78 is 6.09. The fraction of sp³-hybridized carbons (Fsp3) is 1.00. The third-order valence-electron chi connectivity index (χ3n) is 5.80. The van der Waals surface area contributed by atoms with E-state index in [4.69, 9.17) is 4.74 Å². The summed E-state index contributed by atoms with van der Waals surface area (Å²) in [6.07, 6.45) is 11.8. The summed E-state index contributed by atoms with van der Waals surface area (Å²) in [5.41, 5.74) is -0.281. The largest absolute Gasteiger partial charge is 0.389 e. The molecule has 3 unspecified atom stereocenters. The van der Waals surface area contributed by atoms with E-state index in [-0.39, 0.29) is 5.60 Å². The quantitative estimate of drug-likeness (QED) is 0.835. The first-order valence-electron chi connectivity index (χ1n) is 8.69. The Labute approximate surface area is 123 Å². The number of ether oxygens (including phenoxy) is 1. The Morgan fingerprint density at radius 3 is 2.65 bits per heavy atom. The van der Waals surface area contributed by atoms with E-state index < -0.39 is 5.60 Å². The minimum Gasteiger partial charge on any atom is -0.389 e. The average molecular weight is 281 g/mol. The maximum atomic E-state index is 10.7. The standard InChI is InChI=1S/C17H31NO2/c1-14-5-4-7-16(19,11-14)13-18-15-6-10-20-17(12-15)8-2-3-9-17/h14-15,18-19H,2-13H2,1H3. The van der Waals surface area contributed by atoms with Crippen molar-refractivity contribution in [3.8, 4) is 0 Å². The van der Waals surface area contributed by atoms with Crippen molar-refractivity contribution >= 4 is 0 Å². The summed E-state index contributed by atoms with van der Waals surface area (Å²) in [6, 6.07) is 0.545. The van der Waals surface area contributed by atoms with Gasteiger partial charge in [-0.25, -0.2) is 0 Å². The molecule has 1 saturated heterocycles. The number of rotatable bonds is 3. The highest BCUT2D eigenvalue weighted by molar-refractivity contribution is 4.95. The Balaban J connectivity index is 1.50. The lowest BCUT2D eigenvalue weighted by atomic mass is 9.78. The molecule has 0 bridgehead atoms. The maximum Gasteiger partial charge on any atom is 0.0774 e. The molecule has 1 spiro atoms. The molecule has 2 N–H and O–H groups in total. The van der Waals surface area contributed by atoms with E-state index in [1.807, 2.05) is 0 Å². The van der Waals surface area contributed by atoms with E-state index >= 15 is 0 Å². The average Bonchev–Trinajstić information content (AvgIpc) is 2.84. The minimum absolute atomic E-state index is 0.179. The highest BCUT2D eigenvalue weighted by Crippen LogP contribution is 2.40. The zero-order chi connectivity index (χ0) is 14.1. The maximum absolute atomic E-state index is 10.7. The van der Waals surface area contributed by atoms with Gasteiger partial charge in [-0.3, -0.25) is 0 Å². The predicted octanol–water partition coefficient (Wildman–Crippen LogP) is 3.01. The van der Waals surface area contributed by atoms with Crippen molar-refractivity contribution in [3.05, 3.63) is 0 Å². The third kappa shape index (κ3) is 3.37. The molecular weight excluding hydrogens is 250 g/mol. The van der Waals surface area contributed by atoms with Crippen LogP contribution in [0.5, 0.6) is 0 Å². The fourth-order valence-electron chi connectivity index (χ4n) is 4.70. The lowest BCUT2D eigenvalue weighted by Gasteiger charge is -2.41. The first kappa shape index (κ1) is 14.8. The Bertz CT molecular complexity index is 327. The lowest BCUT2D eigenvalue weighted by molar-refractivity contribution is -0.0878. The van der Waals surface area contributed by atoms with Gasteiger partial charge in [0.1, 0.15) is 0 Å². The van der Waals surface area contributed by atoms with Crippen LogP contribution in [-0.4, -0.2) is 35.5 Å². The second-order valence-electron chi connectivity index (χ2n) is 7.74. The molecule has 0 radical (unpaired) electrons. The van der Waals surface area contributed by atoms with E-state index in [0.29, 0.717) is 12.0 Å². The Morgan fingerprint density at radius 2 is 1.90 bits per heavy atom. The highest BCUT2D eigenvalue weighted by Gasteiger charge is 2.40. The summed E-state index contributed by atoms with van der Waals surface area (Å²) in [5, 5.41) is 14.4. The summed E-state index contributed by atoms with van der Waals surface area (Å²) >= 11 is 0. The molecule has 0 aromatic heterocycles. The van der Waals surface area contributed by atoms with E-state index in [2.05, 4.69) is 12.2 Å². The molecule has 2 aliphatic carbocycles. The smallest absolute Gasteiger partial charge is 0.0774 e. The molecule has 3 nitrogen and oxygen atoms in total. The van der Waals surface area contributed by atoms with Gasteiger partial charge in [-0.05, 0) is 44.4 Å². The van der Waals surface area contributed by atoms with Crippen molar-refractivity contribution in [2.24, 2.45) is 5.92 Å². The van der Waals surface area contributed by atoms with Gasteiger partial charge in [0, 0.05) is 19.2 Å². The molecule has 116 valence electrons. The van der Waals surface area contributed by atoms with Crippen LogP contribution in [0.2, 0.25) is 0 Å². The van der Waals surface area contributed by atoms with Crippen molar-refractivity contribution in [1.29, 1.82) is 0 Å². The van der Waals surface area contributed by atoms with Gasteiger partial charge in [-0.1, -0.05) is 32.6 Å². The summed E-state index contributed by atoms with van der Waals surface area (Å²) in [5.74, 6) is 0.673. The van der Waals surface area contributed by atoms with Gasteiger partial charge in [0.25, 0.3) is 0 Å². The van der Waals surface area contributed by atoms with Crippen LogP contribution >= 0.6 is 0 Å². The monoisotopic (exact) mass is 281 g/mol. The first-order valence-corrected chi connectivity index (χ1v) is 8.69. The van der Waals surface area contributed by atoms with Crippen molar-refractivity contribution in [2.75, 3.05) is 13.2 Å². The molecular formula is C17H31NO2. The minimum atomic E-state index is -0.460. The number of hydrogen-bond donors (Lipinski definition) is 2. The van der Waals surface area contributed by atoms with Crippen LogP contribution in [0.4, 0.5) is 0 Å². The predicted molar refractivity (Wildman–Crippen MR) is 80.8 cm³/mol. The van der Waals surface area contributed by atoms with Crippen LogP contribution in [0, 0.1) is 5.92 Å². The van der Waals surface area contributed by atoms with Gasteiger partial charge in [-0.15, -0.1) is 0 Å². The van der Waals surface area contributed by atoms with Crippen molar-refractivity contribution in [2.45, 2.75) is 88.4 Å². The molecule has 20 heavy (non-hydrogen) atoms. The second-order valence-corrected chi connectivity index (χ2v) is 7.74. The van der Waals surface area contributed by atoms with Crippen LogP contribution in [0.3, 0.4) is 0 Å². The first-order chi connectivity index (χ1) is 9.59. The highest BCUT2D eigenvalue weighted by atomic mass is 16.5. The van der Waals surface area contributed by atoms with Gasteiger partial charge in [0.15, 0.2) is 0 Å². The van der Waals surface area contributed by atoms with Gasteiger partial charge in [-0.2, -0.15) is 0 Å². The third-order valence-corrected chi connectivity index (χ3v) is 5.80. The van der Waals surface area contributed by atoms with E-state index in [0.717, 1.165) is 38.8 Å². The molecule has 3 fully saturated rings. The number of hydrogen-bond acceptors (Lipinski definition) is 3.